The molecule has 2 aliphatic heterocycles. The van der Waals surface area contributed by atoms with Crippen molar-refractivity contribution < 1.29 is 33.7 Å². The van der Waals surface area contributed by atoms with Crippen molar-refractivity contribution in [2.45, 2.75) is 32.8 Å². The van der Waals surface area contributed by atoms with Crippen LogP contribution in [-0.2, 0) is 16.1 Å². The number of rotatable bonds is 6. The van der Waals surface area contributed by atoms with E-state index in [1.807, 2.05) is 6.92 Å². The molecule has 2 aliphatic rings. The molecular weight excluding hydrogens is 455 g/mol. The number of aromatic nitrogens is 1. The second-order valence-corrected chi connectivity index (χ2v) is 8.54. The van der Waals surface area contributed by atoms with E-state index in [2.05, 4.69) is 15.0 Å². The van der Waals surface area contributed by atoms with Gasteiger partial charge in [0.25, 0.3) is 0 Å². The minimum Gasteiger partial charge on any atom is -0.506 e. The maximum atomic E-state index is 14.7. The molecule has 1 aromatic heterocycles. The number of hydrogen-bond donors (Lipinski definition) is 2. The number of pyridine rings is 1. The maximum Gasteiger partial charge on any atom is 0.340 e. The Morgan fingerprint density at radius 1 is 1.20 bits per heavy atom. The van der Waals surface area contributed by atoms with Gasteiger partial charge >= 0.3 is 5.97 Å². The van der Waals surface area contributed by atoms with Crippen molar-refractivity contribution >= 4 is 11.7 Å². The van der Waals surface area contributed by atoms with Gasteiger partial charge in [-0.05, 0) is 54.8 Å². The zero-order chi connectivity index (χ0) is 24.7. The lowest BCUT2D eigenvalue weighted by Crippen LogP contribution is -2.12. The molecule has 1 unspecified atom stereocenters. The van der Waals surface area contributed by atoms with E-state index in [1.165, 1.54) is 18.2 Å². The van der Waals surface area contributed by atoms with E-state index in [9.17, 15) is 19.4 Å². The Hall–Kier alpha value is -3.98. The van der Waals surface area contributed by atoms with Crippen molar-refractivity contribution in [2.24, 2.45) is 5.16 Å². The lowest BCUT2D eigenvalue weighted by molar-refractivity contribution is -0.140. The molecule has 0 spiro atoms. The van der Waals surface area contributed by atoms with E-state index in [1.54, 1.807) is 25.1 Å². The smallest absolute Gasteiger partial charge is 0.340 e. The van der Waals surface area contributed by atoms with Crippen LogP contribution in [0.1, 0.15) is 40.5 Å². The molecular formula is C26H23FN2O6. The minimum atomic E-state index is -1.14. The largest absolute Gasteiger partial charge is 0.506 e. The predicted molar refractivity (Wildman–Crippen MR) is 124 cm³/mol. The SMILES string of the molecule is Cc1cccc(-c2nc(C(O)c3c(C)cc(OCC4=NOC(=O)C4)c4c3CCO4)ccc2O)c1F. The van der Waals surface area contributed by atoms with E-state index in [4.69, 9.17) is 9.47 Å². The molecule has 35 heavy (non-hydrogen) atoms. The first-order valence-electron chi connectivity index (χ1n) is 11.1. The molecule has 2 aromatic carbocycles. The number of benzene rings is 2. The molecule has 0 radical (unpaired) electrons. The molecule has 3 heterocycles. The third kappa shape index (κ3) is 4.19. The highest BCUT2D eigenvalue weighted by Gasteiger charge is 2.29. The number of nitrogens with zero attached hydrogens (tertiary/aromatic N) is 2. The number of halogens is 1. The van der Waals surface area contributed by atoms with Gasteiger partial charge in [0.05, 0.1) is 18.7 Å². The number of fused-ring (bicyclic) bond motifs is 1. The van der Waals surface area contributed by atoms with Gasteiger partial charge in [-0.1, -0.05) is 17.3 Å². The van der Waals surface area contributed by atoms with Gasteiger partial charge in [-0.15, -0.1) is 0 Å². The Kier molecular flexibility index (Phi) is 5.86. The average Bonchev–Trinajstić information content (AvgIpc) is 3.48. The molecule has 0 bridgehead atoms. The Morgan fingerprint density at radius 2 is 2.03 bits per heavy atom. The summed E-state index contributed by atoms with van der Waals surface area (Å²) in [7, 11) is 0. The van der Waals surface area contributed by atoms with Crippen molar-refractivity contribution in [3.05, 3.63) is 70.2 Å². The molecule has 180 valence electrons. The van der Waals surface area contributed by atoms with E-state index in [0.29, 0.717) is 41.4 Å². The summed E-state index contributed by atoms with van der Waals surface area (Å²) in [5.41, 5.74) is 3.53. The third-order valence-electron chi connectivity index (χ3n) is 6.11. The number of carbonyl (C=O) groups is 1. The first-order valence-corrected chi connectivity index (χ1v) is 11.1. The van der Waals surface area contributed by atoms with Crippen molar-refractivity contribution in [1.29, 1.82) is 0 Å². The van der Waals surface area contributed by atoms with Crippen LogP contribution in [0.5, 0.6) is 17.2 Å². The quantitative estimate of drug-likeness (QED) is 0.517. The van der Waals surface area contributed by atoms with Crippen LogP contribution in [0, 0.1) is 19.7 Å². The van der Waals surface area contributed by atoms with Crippen LogP contribution >= 0.6 is 0 Å². The molecule has 0 fully saturated rings. The Morgan fingerprint density at radius 3 is 2.80 bits per heavy atom. The van der Waals surface area contributed by atoms with Crippen molar-refractivity contribution in [1.82, 2.24) is 4.98 Å². The van der Waals surface area contributed by atoms with Gasteiger partial charge in [-0.25, -0.2) is 14.2 Å². The highest BCUT2D eigenvalue weighted by atomic mass is 19.1. The lowest BCUT2D eigenvalue weighted by atomic mass is 9.92. The van der Waals surface area contributed by atoms with Gasteiger partial charge in [-0.2, -0.15) is 0 Å². The van der Waals surface area contributed by atoms with Gasteiger partial charge in [-0.3, -0.25) is 0 Å². The number of ether oxygens (including phenoxy) is 2. The number of aliphatic hydroxyl groups excluding tert-OH is 1. The number of hydrogen-bond acceptors (Lipinski definition) is 8. The summed E-state index contributed by atoms with van der Waals surface area (Å²) in [4.78, 5) is 20.3. The van der Waals surface area contributed by atoms with Crippen LogP contribution in [-0.4, -0.2) is 40.1 Å². The molecule has 9 heteroatoms. The standard InChI is InChI=1S/C26H23FN2O6/c1-13-4-3-5-17(23(13)27)24-19(30)7-6-18(28-24)25(32)22-14(2)10-20(26-16(22)8-9-33-26)34-12-15-11-21(31)35-29-15/h3-7,10,25,30,32H,8-9,11-12H2,1-2H3. The summed E-state index contributed by atoms with van der Waals surface area (Å²) in [5.74, 6) is -0.0934. The molecule has 0 aliphatic carbocycles. The second-order valence-electron chi connectivity index (χ2n) is 8.54. The molecule has 0 saturated heterocycles. The lowest BCUT2D eigenvalue weighted by Gasteiger charge is -2.20. The molecule has 2 N–H and O–H groups in total. The molecule has 1 atom stereocenters. The fourth-order valence-electron chi connectivity index (χ4n) is 4.38. The first-order chi connectivity index (χ1) is 16.8. The Bertz CT molecular complexity index is 1370. The van der Waals surface area contributed by atoms with E-state index in [0.717, 1.165) is 11.1 Å². The number of oxime groups is 1. The van der Waals surface area contributed by atoms with Gasteiger partial charge in [0.15, 0.2) is 11.5 Å². The number of aliphatic hydroxyl groups is 1. The predicted octanol–water partition coefficient (Wildman–Crippen LogP) is 3.91. The number of carbonyl (C=O) groups excluding carboxylic acids is 1. The van der Waals surface area contributed by atoms with Crippen LogP contribution in [0.4, 0.5) is 4.39 Å². The molecule has 0 saturated carbocycles. The fraction of sp³-hybridized carbons (Fsp3) is 0.269. The van der Waals surface area contributed by atoms with Gasteiger partial charge < -0.3 is 24.5 Å². The maximum absolute atomic E-state index is 14.7. The first kappa shape index (κ1) is 22.8. The van der Waals surface area contributed by atoms with Crippen LogP contribution in [0.15, 0.2) is 41.6 Å². The number of aromatic hydroxyl groups is 1. The highest BCUT2D eigenvalue weighted by molar-refractivity contribution is 6.02. The summed E-state index contributed by atoms with van der Waals surface area (Å²) in [6.07, 6.45) is -0.508. The van der Waals surface area contributed by atoms with Crippen LogP contribution in [0.2, 0.25) is 0 Å². The monoisotopic (exact) mass is 478 g/mol. The van der Waals surface area contributed by atoms with Crippen molar-refractivity contribution in [3.8, 4) is 28.5 Å². The summed E-state index contributed by atoms with van der Waals surface area (Å²) in [5, 5.41) is 25.4. The van der Waals surface area contributed by atoms with E-state index in [-0.39, 0.29) is 35.7 Å². The summed E-state index contributed by atoms with van der Waals surface area (Å²) in [6, 6.07) is 9.52. The molecule has 3 aromatic rings. The summed E-state index contributed by atoms with van der Waals surface area (Å²) in [6.45, 7) is 3.97. The van der Waals surface area contributed by atoms with E-state index < -0.39 is 17.9 Å². The van der Waals surface area contributed by atoms with Crippen LogP contribution in [0.3, 0.4) is 0 Å². The zero-order valence-corrected chi connectivity index (χ0v) is 19.2. The number of aryl methyl sites for hydroxylation is 2. The molecule has 8 nitrogen and oxygen atoms in total. The van der Waals surface area contributed by atoms with Gasteiger partial charge in [0.2, 0.25) is 0 Å². The average molecular weight is 478 g/mol. The zero-order valence-electron chi connectivity index (χ0n) is 19.2. The summed E-state index contributed by atoms with van der Waals surface area (Å²) < 4.78 is 26.4. The van der Waals surface area contributed by atoms with Crippen molar-refractivity contribution in [3.63, 3.8) is 0 Å². The van der Waals surface area contributed by atoms with E-state index >= 15 is 0 Å². The third-order valence-corrected chi connectivity index (χ3v) is 6.11. The molecule has 0 amide bonds. The Balaban J connectivity index is 1.49. The molecule has 5 rings (SSSR count). The van der Waals surface area contributed by atoms with Crippen LogP contribution < -0.4 is 9.47 Å². The highest BCUT2D eigenvalue weighted by Crippen LogP contribution is 2.44. The fourth-order valence-corrected chi connectivity index (χ4v) is 4.38. The summed E-state index contributed by atoms with van der Waals surface area (Å²) >= 11 is 0. The van der Waals surface area contributed by atoms with Crippen LogP contribution in [0.25, 0.3) is 11.3 Å². The minimum absolute atomic E-state index is 0.0577. The van der Waals surface area contributed by atoms with Crippen molar-refractivity contribution in [2.75, 3.05) is 13.2 Å². The van der Waals surface area contributed by atoms with Gasteiger partial charge in [0, 0.05) is 17.5 Å². The van der Waals surface area contributed by atoms with Gasteiger partial charge in [0.1, 0.15) is 35.7 Å². The topological polar surface area (TPSA) is 110 Å². The second kappa shape index (κ2) is 8.99. The normalized spacial score (nSPS) is 15.3. The Labute approximate surface area is 200 Å².